The third-order valence-corrected chi connectivity index (χ3v) is 3.81. The van der Waals surface area contributed by atoms with Gasteiger partial charge in [0, 0.05) is 0 Å². The first-order valence-corrected chi connectivity index (χ1v) is 6.25. The molecule has 1 saturated heterocycles. The van der Waals surface area contributed by atoms with Crippen molar-refractivity contribution in [3.8, 4) is 0 Å². The molecule has 0 saturated carbocycles. The zero-order chi connectivity index (χ0) is 11.5. The van der Waals surface area contributed by atoms with E-state index in [1.165, 1.54) is 0 Å². The molecule has 0 bridgehead atoms. The summed E-state index contributed by atoms with van der Waals surface area (Å²) in [5, 5.41) is 3.61. The number of rotatable bonds is 2. The van der Waals surface area contributed by atoms with Gasteiger partial charge in [0.05, 0.1) is 5.02 Å². The Hall–Kier alpha value is -0.600. The lowest BCUT2D eigenvalue weighted by molar-refractivity contribution is 0.317. The summed E-state index contributed by atoms with van der Waals surface area (Å²) in [6.45, 7) is 4.24. The van der Waals surface area contributed by atoms with E-state index < -0.39 is 0 Å². The highest BCUT2D eigenvalue weighted by Gasteiger charge is 2.25. The second-order valence-corrected chi connectivity index (χ2v) is 4.85. The Balaban J connectivity index is 2.23. The molecule has 1 fully saturated rings. The Morgan fingerprint density at radius 3 is 3.00 bits per heavy atom. The van der Waals surface area contributed by atoms with E-state index in [0.717, 1.165) is 31.5 Å². The molecule has 1 aliphatic rings. The Bertz CT molecular complexity index is 367. The van der Waals surface area contributed by atoms with Crippen LogP contribution in [-0.4, -0.2) is 13.1 Å². The maximum atomic E-state index is 13.4. The predicted octanol–water partition coefficient (Wildman–Crippen LogP) is 3.58. The van der Waals surface area contributed by atoms with Crippen LogP contribution in [0.5, 0.6) is 0 Å². The molecule has 1 N–H and O–H groups in total. The molecule has 1 heterocycles. The van der Waals surface area contributed by atoms with Crippen molar-refractivity contribution in [1.29, 1.82) is 0 Å². The Labute approximate surface area is 101 Å². The number of piperidine rings is 1. The molecular formula is C13H17ClFN. The van der Waals surface area contributed by atoms with Crippen molar-refractivity contribution in [3.05, 3.63) is 34.6 Å². The fourth-order valence-corrected chi connectivity index (χ4v) is 2.65. The smallest absolute Gasteiger partial charge is 0.142 e. The standard InChI is InChI=1S/C13H17ClFN/c1-2-9-8-16-6-5-11(9)10-3-4-12(14)13(15)7-10/h3-4,7,9,11,16H,2,5-6,8H2,1H3. The average Bonchev–Trinajstić information content (AvgIpc) is 2.32. The monoisotopic (exact) mass is 241 g/mol. The van der Waals surface area contributed by atoms with Crippen molar-refractivity contribution < 1.29 is 4.39 Å². The summed E-state index contributed by atoms with van der Waals surface area (Å²) in [7, 11) is 0. The van der Waals surface area contributed by atoms with Crippen molar-refractivity contribution in [3.63, 3.8) is 0 Å². The van der Waals surface area contributed by atoms with Crippen molar-refractivity contribution in [2.45, 2.75) is 25.7 Å². The highest BCUT2D eigenvalue weighted by Crippen LogP contribution is 2.33. The van der Waals surface area contributed by atoms with Gasteiger partial charge in [-0.3, -0.25) is 0 Å². The fraction of sp³-hybridized carbons (Fsp3) is 0.538. The fourth-order valence-electron chi connectivity index (χ4n) is 2.53. The molecule has 0 amide bonds. The molecule has 1 aliphatic heterocycles. The zero-order valence-electron chi connectivity index (χ0n) is 9.47. The quantitative estimate of drug-likeness (QED) is 0.835. The van der Waals surface area contributed by atoms with Crippen molar-refractivity contribution in [2.24, 2.45) is 5.92 Å². The molecule has 1 nitrogen and oxygen atoms in total. The number of halogens is 2. The van der Waals surface area contributed by atoms with E-state index in [4.69, 9.17) is 11.6 Å². The summed E-state index contributed by atoms with van der Waals surface area (Å²) in [6, 6.07) is 5.23. The minimum Gasteiger partial charge on any atom is -0.316 e. The molecule has 3 heteroatoms. The molecule has 2 atom stereocenters. The first-order chi connectivity index (χ1) is 7.72. The van der Waals surface area contributed by atoms with Crippen LogP contribution in [0.2, 0.25) is 5.02 Å². The summed E-state index contributed by atoms with van der Waals surface area (Å²) in [5.41, 5.74) is 1.09. The van der Waals surface area contributed by atoms with E-state index in [1.807, 2.05) is 6.07 Å². The zero-order valence-corrected chi connectivity index (χ0v) is 10.2. The summed E-state index contributed by atoms with van der Waals surface area (Å²) in [4.78, 5) is 0. The van der Waals surface area contributed by atoms with Gasteiger partial charge in [-0.05, 0) is 49.0 Å². The van der Waals surface area contributed by atoms with Gasteiger partial charge in [-0.15, -0.1) is 0 Å². The average molecular weight is 242 g/mol. The number of hydrogen-bond acceptors (Lipinski definition) is 1. The third-order valence-electron chi connectivity index (χ3n) is 3.50. The van der Waals surface area contributed by atoms with E-state index in [1.54, 1.807) is 12.1 Å². The highest BCUT2D eigenvalue weighted by atomic mass is 35.5. The maximum absolute atomic E-state index is 13.4. The SMILES string of the molecule is CCC1CNCCC1c1ccc(Cl)c(F)c1. The molecule has 0 aliphatic carbocycles. The Morgan fingerprint density at radius 2 is 2.31 bits per heavy atom. The van der Waals surface area contributed by atoms with E-state index in [-0.39, 0.29) is 10.8 Å². The minimum absolute atomic E-state index is 0.214. The highest BCUT2D eigenvalue weighted by molar-refractivity contribution is 6.30. The topological polar surface area (TPSA) is 12.0 Å². The van der Waals surface area contributed by atoms with E-state index >= 15 is 0 Å². The number of benzene rings is 1. The third kappa shape index (κ3) is 2.38. The van der Waals surface area contributed by atoms with Gasteiger partial charge in [0.25, 0.3) is 0 Å². The summed E-state index contributed by atoms with van der Waals surface area (Å²) in [5.74, 6) is 0.778. The van der Waals surface area contributed by atoms with Crippen LogP contribution in [0.1, 0.15) is 31.2 Å². The molecule has 2 rings (SSSR count). The van der Waals surface area contributed by atoms with Gasteiger partial charge in [0.15, 0.2) is 0 Å². The van der Waals surface area contributed by atoms with Gasteiger partial charge in [0.1, 0.15) is 5.82 Å². The molecule has 0 spiro atoms. The van der Waals surface area contributed by atoms with Crippen LogP contribution >= 0.6 is 11.6 Å². The first kappa shape index (κ1) is 11.9. The predicted molar refractivity (Wildman–Crippen MR) is 65.4 cm³/mol. The minimum atomic E-state index is -0.299. The van der Waals surface area contributed by atoms with Gasteiger partial charge in [-0.2, -0.15) is 0 Å². The Kier molecular flexibility index (Phi) is 3.82. The lowest BCUT2D eigenvalue weighted by atomic mass is 9.80. The van der Waals surface area contributed by atoms with Crippen molar-refractivity contribution in [2.75, 3.05) is 13.1 Å². The van der Waals surface area contributed by atoms with Crippen LogP contribution in [0.3, 0.4) is 0 Å². The maximum Gasteiger partial charge on any atom is 0.142 e. The molecular weight excluding hydrogens is 225 g/mol. The normalized spacial score (nSPS) is 25.7. The second kappa shape index (κ2) is 5.15. The van der Waals surface area contributed by atoms with Crippen LogP contribution in [0, 0.1) is 11.7 Å². The molecule has 0 aromatic heterocycles. The second-order valence-electron chi connectivity index (χ2n) is 4.44. The first-order valence-electron chi connectivity index (χ1n) is 5.88. The number of nitrogens with one attached hydrogen (secondary N) is 1. The summed E-state index contributed by atoms with van der Waals surface area (Å²) >= 11 is 5.70. The lowest BCUT2D eigenvalue weighted by Gasteiger charge is -2.32. The molecule has 2 unspecified atom stereocenters. The Morgan fingerprint density at radius 1 is 1.50 bits per heavy atom. The van der Waals surface area contributed by atoms with Crippen LogP contribution in [0.4, 0.5) is 4.39 Å². The van der Waals surface area contributed by atoms with Crippen LogP contribution < -0.4 is 5.32 Å². The van der Waals surface area contributed by atoms with Crippen molar-refractivity contribution in [1.82, 2.24) is 5.32 Å². The molecule has 1 aromatic rings. The largest absolute Gasteiger partial charge is 0.316 e. The lowest BCUT2D eigenvalue weighted by Crippen LogP contribution is -2.35. The molecule has 1 aromatic carbocycles. The summed E-state index contributed by atoms with van der Waals surface area (Å²) < 4.78 is 13.4. The molecule has 88 valence electrons. The van der Waals surface area contributed by atoms with Gasteiger partial charge >= 0.3 is 0 Å². The van der Waals surface area contributed by atoms with E-state index in [9.17, 15) is 4.39 Å². The van der Waals surface area contributed by atoms with Crippen molar-refractivity contribution >= 4 is 11.6 Å². The number of hydrogen-bond donors (Lipinski definition) is 1. The molecule has 16 heavy (non-hydrogen) atoms. The van der Waals surface area contributed by atoms with Crippen LogP contribution in [0.25, 0.3) is 0 Å². The van der Waals surface area contributed by atoms with Gasteiger partial charge in [-0.1, -0.05) is 31.0 Å². The van der Waals surface area contributed by atoms with Gasteiger partial charge in [-0.25, -0.2) is 4.39 Å². The van der Waals surface area contributed by atoms with Gasteiger partial charge < -0.3 is 5.32 Å². The van der Waals surface area contributed by atoms with E-state index in [0.29, 0.717) is 11.8 Å². The summed E-state index contributed by atoms with van der Waals surface area (Å²) in [6.07, 6.45) is 2.21. The van der Waals surface area contributed by atoms with Crippen LogP contribution in [-0.2, 0) is 0 Å². The molecule has 0 radical (unpaired) electrons. The van der Waals surface area contributed by atoms with Gasteiger partial charge in [0.2, 0.25) is 0 Å². The van der Waals surface area contributed by atoms with E-state index in [2.05, 4.69) is 12.2 Å². The van der Waals surface area contributed by atoms with Crippen LogP contribution in [0.15, 0.2) is 18.2 Å².